The van der Waals surface area contributed by atoms with E-state index in [9.17, 15) is 0 Å². The average Bonchev–Trinajstić information content (AvgIpc) is 2.94. The van der Waals surface area contributed by atoms with Crippen LogP contribution in [-0.2, 0) is 11.2 Å². The Kier molecular flexibility index (Phi) is 5.20. The van der Waals surface area contributed by atoms with E-state index >= 15 is 0 Å². The Balaban J connectivity index is 1.75. The lowest BCUT2D eigenvalue weighted by molar-refractivity contribution is 0.590. The van der Waals surface area contributed by atoms with Crippen LogP contribution in [0.15, 0.2) is 58.2 Å². The van der Waals surface area contributed by atoms with Crippen molar-refractivity contribution < 1.29 is 0 Å². The van der Waals surface area contributed by atoms with Gasteiger partial charge < -0.3 is 5.84 Å². The van der Waals surface area contributed by atoms with E-state index in [1.165, 1.54) is 11.1 Å². The number of hydrogen-bond donors (Lipinski definition) is 1. The van der Waals surface area contributed by atoms with Gasteiger partial charge in [-0.2, -0.15) is 0 Å². The first kappa shape index (κ1) is 18.0. The molecule has 0 unspecified atom stereocenters. The van der Waals surface area contributed by atoms with Crippen molar-refractivity contribution in [2.45, 2.75) is 37.1 Å². The van der Waals surface area contributed by atoms with Gasteiger partial charge in [-0.05, 0) is 28.7 Å². The van der Waals surface area contributed by atoms with Crippen molar-refractivity contribution in [3.05, 3.63) is 64.1 Å². The van der Waals surface area contributed by atoms with Crippen LogP contribution < -0.4 is 5.84 Å². The number of aromatic nitrogens is 3. The fraction of sp³-hybridized carbons (Fsp3) is 0.263. The zero-order valence-corrected chi connectivity index (χ0v) is 16.9. The third-order valence-electron chi connectivity index (χ3n) is 3.95. The van der Waals surface area contributed by atoms with Gasteiger partial charge in [-0.25, -0.2) is 4.68 Å². The molecular formula is C19H21BrN4S. The van der Waals surface area contributed by atoms with Crippen LogP contribution in [0.3, 0.4) is 0 Å². The maximum atomic E-state index is 6.21. The summed E-state index contributed by atoms with van der Waals surface area (Å²) in [6.45, 7) is 6.60. The second-order valence-corrected chi connectivity index (χ2v) is 8.78. The number of nitrogens with zero attached hydrogens (tertiary/aromatic N) is 3. The molecule has 0 bridgehead atoms. The van der Waals surface area contributed by atoms with Crippen molar-refractivity contribution in [2.75, 3.05) is 5.84 Å². The molecular weight excluding hydrogens is 396 g/mol. The molecule has 0 atom stereocenters. The summed E-state index contributed by atoms with van der Waals surface area (Å²) in [5.74, 6) is 7.69. The van der Waals surface area contributed by atoms with Crippen molar-refractivity contribution in [2.24, 2.45) is 0 Å². The maximum Gasteiger partial charge on any atom is 0.210 e. The molecule has 3 rings (SSSR count). The average molecular weight is 417 g/mol. The summed E-state index contributed by atoms with van der Waals surface area (Å²) < 4.78 is 2.64. The van der Waals surface area contributed by atoms with Crippen LogP contribution in [0.25, 0.3) is 11.4 Å². The molecule has 25 heavy (non-hydrogen) atoms. The molecule has 0 saturated carbocycles. The van der Waals surface area contributed by atoms with E-state index in [0.717, 1.165) is 15.8 Å². The second-order valence-electron chi connectivity index (χ2n) is 6.92. The number of nitrogen functional groups attached to an aromatic ring is 1. The van der Waals surface area contributed by atoms with Crippen molar-refractivity contribution in [1.82, 2.24) is 14.9 Å². The Morgan fingerprint density at radius 2 is 1.64 bits per heavy atom. The smallest absolute Gasteiger partial charge is 0.210 e. The highest BCUT2D eigenvalue weighted by atomic mass is 79.9. The number of thioether (sulfide) groups is 1. The highest BCUT2D eigenvalue weighted by Gasteiger charge is 2.16. The van der Waals surface area contributed by atoms with Gasteiger partial charge >= 0.3 is 0 Å². The van der Waals surface area contributed by atoms with Gasteiger partial charge in [0.05, 0.1) is 0 Å². The first-order chi connectivity index (χ1) is 11.8. The van der Waals surface area contributed by atoms with Crippen LogP contribution in [0.4, 0.5) is 0 Å². The molecule has 0 aliphatic heterocycles. The van der Waals surface area contributed by atoms with Gasteiger partial charge in [0.25, 0.3) is 0 Å². The third-order valence-corrected chi connectivity index (χ3v) is 5.50. The van der Waals surface area contributed by atoms with Crippen LogP contribution in [0, 0.1) is 0 Å². The summed E-state index contributed by atoms with van der Waals surface area (Å²) in [6, 6.07) is 16.6. The van der Waals surface area contributed by atoms with Crippen LogP contribution in [0.5, 0.6) is 0 Å². The van der Waals surface area contributed by atoms with E-state index in [2.05, 4.69) is 83.3 Å². The molecule has 4 nitrogen and oxygen atoms in total. The summed E-state index contributed by atoms with van der Waals surface area (Å²) in [5, 5.41) is 9.21. The minimum atomic E-state index is 0.126. The van der Waals surface area contributed by atoms with Gasteiger partial charge in [-0.1, -0.05) is 84.9 Å². The quantitative estimate of drug-likeness (QED) is 0.479. The van der Waals surface area contributed by atoms with Crippen molar-refractivity contribution in [3.63, 3.8) is 0 Å². The SMILES string of the molecule is CC(C)(C)c1ccc(-c2nnc(SCc3ccc(Br)cc3)n2N)cc1. The molecule has 2 aromatic carbocycles. The summed E-state index contributed by atoms with van der Waals surface area (Å²) in [4.78, 5) is 0. The Hall–Kier alpha value is -1.79. The van der Waals surface area contributed by atoms with E-state index in [1.54, 1.807) is 16.4 Å². The van der Waals surface area contributed by atoms with Gasteiger partial charge in [0.2, 0.25) is 5.16 Å². The van der Waals surface area contributed by atoms with Crippen LogP contribution in [0.2, 0.25) is 0 Å². The molecule has 1 aromatic heterocycles. The van der Waals surface area contributed by atoms with Gasteiger partial charge in [0.15, 0.2) is 5.82 Å². The Bertz CT molecular complexity index is 849. The lowest BCUT2D eigenvalue weighted by Gasteiger charge is -2.19. The van der Waals surface area contributed by atoms with Crippen molar-refractivity contribution in [1.29, 1.82) is 0 Å². The van der Waals surface area contributed by atoms with Gasteiger partial charge in [-0.3, -0.25) is 0 Å². The van der Waals surface area contributed by atoms with E-state index in [-0.39, 0.29) is 5.41 Å². The first-order valence-corrected chi connectivity index (χ1v) is 9.81. The van der Waals surface area contributed by atoms with Crippen LogP contribution >= 0.6 is 27.7 Å². The van der Waals surface area contributed by atoms with Gasteiger partial charge in [0.1, 0.15) is 0 Å². The minimum Gasteiger partial charge on any atom is -0.335 e. The summed E-state index contributed by atoms with van der Waals surface area (Å²) in [7, 11) is 0. The van der Waals surface area contributed by atoms with E-state index in [1.807, 2.05) is 12.1 Å². The molecule has 0 aliphatic carbocycles. The van der Waals surface area contributed by atoms with Crippen LogP contribution in [-0.4, -0.2) is 14.9 Å². The monoisotopic (exact) mass is 416 g/mol. The molecule has 0 amide bonds. The molecule has 6 heteroatoms. The number of rotatable bonds is 4. The summed E-state index contributed by atoms with van der Waals surface area (Å²) in [5.41, 5.74) is 3.59. The molecule has 1 heterocycles. The molecule has 0 radical (unpaired) electrons. The molecule has 0 fully saturated rings. The predicted molar refractivity (Wildman–Crippen MR) is 108 cm³/mol. The van der Waals surface area contributed by atoms with Crippen molar-refractivity contribution >= 4 is 27.7 Å². The molecule has 2 N–H and O–H groups in total. The fourth-order valence-electron chi connectivity index (χ4n) is 2.42. The Morgan fingerprint density at radius 3 is 2.24 bits per heavy atom. The predicted octanol–water partition coefficient (Wildman–Crippen LogP) is 5.01. The normalized spacial score (nSPS) is 11.7. The highest BCUT2D eigenvalue weighted by molar-refractivity contribution is 9.10. The topological polar surface area (TPSA) is 56.7 Å². The second kappa shape index (κ2) is 7.22. The summed E-state index contributed by atoms with van der Waals surface area (Å²) in [6.07, 6.45) is 0. The molecule has 0 saturated heterocycles. The van der Waals surface area contributed by atoms with E-state index in [4.69, 9.17) is 5.84 Å². The molecule has 3 aromatic rings. The number of nitrogens with two attached hydrogens (primary N) is 1. The number of hydrogen-bond acceptors (Lipinski definition) is 4. The van der Waals surface area contributed by atoms with E-state index < -0.39 is 0 Å². The van der Waals surface area contributed by atoms with Gasteiger partial charge in [-0.15, -0.1) is 10.2 Å². The Morgan fingerprint density at radius 1 is 1.00 bits per heavy atom. The van der Waals surface area contributed by atoms with Gasteiger partial charge in [0, 0.05) is 15.8 Å². The molecule has 0 spiro atoms. The molecule has 0 aliphatic rings. The molecule has 130 valence electrons. The standard InChI is InChI=1S/C19H21BrN4S/c1-19(2,3)15-8-6-14(7-9-15)17-22-23-18(24(17)21)25-12-13-4-10-16(20)11-5-13/h4-11H,12,21H2,1-3H3. The first-order valence-electron chi connectivity index (χ1n) is 8.03. The largest absolute Gasteiger partial charge is 0.335 e. The summed E-state index contributed by atoms with van der Waals surface area (Å²) >= 11 is 5.02. The number of halogens is 1. The number of benzene rings is 2. The lowest BCUT2D eigenvalue weighted by atomic mass is 9.87. The zero-order valence-electron chi connectivity index (χ0n) is 14.5. The minimum absolute atomic E-state index is 0.126. The van der Waals surface area contributed by atoms with E-state index in [0.29, 0.717) is 11.0 Å². The Labute approximate surface area is 160 Å². The lowest BCUT2D eigenvalue weighted by Crippen LogP contribution is -2.12. The van der Waals surface area contributed by atoms with Crippen molar-refractivity contribution in [3.8, 4) is 11.4 Å². The fourth-order valence-corrected chi connectivity index (χ4v) is 3.50. The highest BCUT2D eigenvalue weighted by Crippen LogP contribution is 2.27. The van der Waals surface area contributed by atoms with Crippen LogP contribution in [0.1, 0.15) is 31.9 Å². The zero-order chi connectivity index (χ0) is 18.0. The maximum absolute atomic E-state index is 6.21. The third kappa shape index (κ3) is 4.25.